The molecule has 0 N–H and O–H groups in total. The Morgan fingerprint density at radius 1 is 1.27 bits per heavy atom. The Morgan fingerprint density at radius 2 is 1.91 bits per heavy atom. The Labute approximate surface area is 71.2 Å². The molecule has 0 spiro atoms. The van der Waals surface area contributed by atoms with Crippen LogP contribution in [0.1, 0.15) is 33.6 Å². The summed E-state index contributed by atoms with van der Waals surface area (Å²) in [5.41, 5.74) is 0. The van der Waals surface area contributed by atoms with Gasteiger partial charge in [0.15, 0.2) is 0 Å². The highest BCUT2D eigenvalue weighted by Crippen LogP contribution is 2.44. The summed E-state index contributed by atoms with van der Waals surface area (Å²) in [6.45, 7) is 9.63. The van der Waals surface area contributed by atoms with Crippen molar-refractivity contribution >= 4 is 12.9 Å². The molecule has 1 atom stereocenters. The summed E-state index contributed by atoms with van der Waals surface area (Å²) in [6, 6.07) is 0. The van der Waals surface area contributed by atoms with Crippen LogP contribution in [0.5, 0.6) is 0 Å². The molecule has 0 saturated carbocycles. The Morgan fingerprint density at radius 3 is 2.27 bits per heavy atom. The molecule has 0 saturated heterocycles. The highest BCUT2D eigenvalue weighted by molar-refractivity contribution is 7.69. The first-order valence-corrected chi connectivity index (χ1v) is 6.93. The second kappa shape index (κ2) is 5.85. The first-order chi connectivity index (χ1) is 5.18. The predicted octanol–water partition coefficient (Wildman–Crippen LogP) is 3.21. The topological polar surface area (TPSA) is 9.23 Å². The third-order valence-electron chi connectivity index (χ3n) is 1.66. The summed E-state index contributed by atoms with van der Waals surface area (Å²) in [6.07, 6.45) is 3.62. The third kappa shape index (κ3) is 4.66. The molecule has 0 aromatic rings. The zero-order valence-electron chi connectivity index (χ0n) is 8.26. The second-order valence-corrected chi connectivity index (χ2v) is 6.33. The molecule has 68 valence electrons. The molecule has 0 heterocycles. The zero-order chi connectivity index (χ0) is 8.74. The largest absolute Gasteiger partial charge is 0.362 e. The van der Waals surface area contributed by atoms with Crippen LogP contribution in [-0.4, -0.2) is 25.2 Å². The van der Waals surface area contributed by atoms with E-state index in [-0.39, 0.29) is 0 Å². The predicted molar refractivity (Wildman–Crippen MR) is 56.0 cm³/mol. The van der Waals surface area contributed by atoms with Gasteiger partial charge in [0.1, 0.15) is 0 Å². The molecule has 2 heteroatoms. The van der Waals surface area contributed by atoms with Crippen LogP contribution in [0.25, 0.3) is 0 Å². The molecule has 0 fully saturated rings. The van der Waals surface area contributed by atoms with E-state index in [1.807, 2.05) is 0 Å². The smallest absolute Gasteiger partial charge is 0.0479 e. The van der Waals surface area contributed by atoms with Crippen molar-refractivity contribution in [1.29, 1.82) is 0 Å². The molecule has 11 heavy (non-hydrogen) atoms. The van der Waals surface area contributed by atoms with Crippen LogP contribution < -0.4 is 0 Å². The van der Waals surface area contributed by atoms with E-state index in [0.717, 1.165) is 13.0 Å². The number of rotatable bonds is 5. The maximum atomic E-state index is 5.77. The molecule has 0 bridgehead atoms. The minimum absolute atomic E-state index is 0.862. The van der Waals surface area contributed by atoms with Crippen molar-refractivity contribution in [2.75, 3.05) is 19.4 Å². The maximum absolute atomic E-state index is 5.77. The molecule has 0 rings (SSSR count). The van der Waals surface area contributed by atoms with Gasteiger partial charge in [0.2, 0.25) is 0 Å². The van der Waals surface area contributed by atoms with Gasteiger partial charge >= 0.3 is 0 Å². The fourth-order valence-corrected chi connectivity index (χ4v) is 4.00. The molecule has 0 aromatic carbocycles. The van der Waals surface area contributed by atoms with Crippen LogP contribution in [0.15, 0.2) is 0 Å². The monoisotopic (exact) mass is 176 g/mol. The van der Waals surface area contributed by atoms with Crippen LogP contribution in [0.2, 0.25) is 0 Å². The lowest BCUT2D eigenvalue weighted by Gasteiger charge is -2.20. The van der Waals surface area contributed by atoms with Gasteiger partial charge in [0, 0.05) is 13.7 Å². The zero-order valence-corrected chi connectivity index (χ0v) is 9.16. The summed E-state index contributed by atoms with van der Waals surface area (Å²) >= 11 is 0. The van der Waals surface area contributed by atoms with Crippen molar-refractivity contribution < 1.29 is 4.52 Å². The number of hydrogen-bond acceptors (Lipinski definition) is 1. The van der Waals surface area contributed by atoms with Crippen molar-refractivity contribution in [3.05, 3.63) is 0 Å². The summed E-state index contributed by atoms with van der Waals surface area (Å²) < 4.78 is 5.77. The van der Waals surface area contributed by atoms with Crippen molar-refractivity contribution in [3.8, 4) is 0 Å². The molecule has 0 radical (unpaired) electrons. The molecule has 0 aliphatic carbocycles. The van der Waals surface area contributed by atoms with E-state index < -0.39 is 7.11 Å². The molecule has 0 aliphatic rings. The van der Waals surface area contributed by atoms with Crippen LogP contribution in [0, 0.1) is 0 Å². The molecular weight excluding hydrogens is 155 g/mol. The van der Waals surface area contributed by atoms with Gasteiger partial charge in [0.25, 0.3) is 0 Å². The van der Waals surface area contributed by atoms with Gasteiger partial charge in [-0.15, -0.1) is 0 Å². The average molecular weight is 176 g/mol. The van der Waals surface area contributed by atoms with Crippen molar-refractivity contribution in [2.45, 2.75) is 33.6 Å². The van der Waals surface area contributed by atoms with Gasteiger partial charge < -0.3 is 4.52 Å². The lowest BCUT2D eigenvalue weighted by Crippen LogP contribution is -1.96. The van der Waals surface area contributed by atoms with E-state index >= 15 is 0 Å². The van der Waals surface area contributed by atoms with Crippen molar-refractivity contribution in [3.63, 3.8) is 0 Å². The lowest BCUT2D eigenvalue weighted by atomic mass is 10.6. The molecule has 0 aliphatic heterocycles. The molecule has 1 unspecified atom stereocenters. The van der Waals surface area contributed by atoms with Crippen LogP contribution >= 0.6 is 7.11 Å². The van der Waals surface area contributed by atoms with Gasteiger partial charge in [-0.25, -0.2) is 0 Å². The van der Waals surface area contributed by atoms with Gasteiger partial charge in [-0.05, 0) is 26.2 Å². The number of hydrogen-bond donors (Lipinski definition) is 0. The van der Waals surface area contributed by atoms with Gasteiger partial charge in [-0.1, -0.05) is 26.1 Å². The van der Waals surface area contributed by atoms with Crippen molar-refractivity contribution in [2.24, 2.45) is 0 Å². The van der Waals surface area contributed by atoms with E-state index in [9.17, 15) is 0 Å². The first-order valence-electron chi connectivity index (χ1n) is 4.52. The summed E-state index contributed by atoms with van der Waals surface area (Å²) in [5, 5.41) is 0. The van der Waals surface area contributed by atoms with Gasteiger partial charge in [-0.2, -0.15) is 0 Å². The second-order valence-electron chi connectivity index (χ2n) is 2.91. The van der Waals surface area contributed by atoms with Crippen LogP contribution in [0.4, 0.5) is 0 Å². The Hall–Kier alpha value is 0.260. The third-order valence-corrected chi connectivity index (χ3v) is 4.98. The van der Waals surface area contributed by atoms with Crippen LogP contribution in [-0.2, 0) is 4.52 Å². The molecule has 0 amide bonds. The molecular formula is C9H21OP. The summed E-state index contributed by atoms with van der Waals surface area (Å²) in [4.78, 5) is 0. The van der Waals surface area contributed by atoms with Gasteiger partial charge in [0.05, 0.1) is 0 Å². The average Bonchev–Trinajstić information content (AvgIpc) is 1.88. The molecule has 1 nitrogen and oxygen atoms in total. The Kier molecular flexibility index (Phi) is 5.99. The van der Waals surface area contributed by atoms with E-state index in [0.29, 0.717) is 0 Å². The molecule has 0 aromatic heterocycles. The fourth-order valence-electron chi connectivity index (χ4n) is 1.33. The quantitative estimate of drug-likeness (QED) is 0.584. The van der Waals surface area contributed by atoms with Gasteiger partial charge in [-0.3, -0.25) is 0 Å². The highest BCUT2D eigenvalue weighted by atomic mass is 31.2. The Bertz CT molecular complexity index is 130. The van der Waals surface area contributed by atoms with E-state index in [2.05, 4.69) is 33.2 Å². The maximum Gasteiger partial charge on any atom is 0.0479 e. The van der Waals surface area contributed by atoms with E-state index in [4.69, 9.17) is 4.52 Å². The van der Waals surface area contributed by atoms with E-state index in [1.165, 1.54) is 12.6 Å². The minimum atomic E-state index is -1.09. The Balaban J connectivity index is 4.13. The minimum Gasteiger partial charge on any atom is -0.362 e. The normalized spacial score (nSPS) is 16.0. The standard InChI is InChI=1S/C9H21OP/c1-5-8-11(4,9-6-2)10-7-3/h8H,5-7,9H2,1-4H3. The SMILES string of the molecule is CCC=P(C)(CCC)OCC. The lowest BCUT2D eigenvalue weighted by molar-refractivity contribution is 0.377. The summed E-state index contributed by atoms with van der Waals surface area (Å²) in [5.74, 6) is 2.38. The fraction of sp³-hybridized carbons (Fsp3) is 0.889. The summed E-state index contributed by atoms with van der Waals surface area (Å²) in [7, 11) is -1.09. The highest BCUT2D eigenvalue weighted by Gasteiger charge is 2.07. The van der Waals surface area contributed by atoms with Crippen molar-refractivity contribution in [1.82, 2.24) is 0 Å². The van der Waals surface area contributed by atoms with Crippen LogP contribution in [0.3, 0.4) is 0 Å². The van der Waals surface area contributed by atoms with E-state index in [1.54, 1.807) is 0 Å². The first kappa shape index (κ1) is 11.3.